The van der Waals surface area contributed by atoms with Gasteiger partial charge in [-0.05, 0) is 62.6 Å². The molecule has 2 aromatic carbocycles. The van der Waals surface area contributed by atoms with E-state index in [1.807, 2.05) is 45.0 Å². The summed E-state index contributed by atoms with van der Waals surface area (Å²) in [4.78, 5) is 81.3. The summed E-state index contributed by atoms with van der Waals surface area (Å²) in [6, 6.07) is 10.2. The van der Waals surface area contributed by atoms with Crippen LogP contribution in [0.5, 0.6) is 5.75 Å². The Morgan fingerprint density at radius 3 is 1.82 bits per heavy atom. The van der Waals surface area contributed by atoms with Crippen molar-refractivity contribution in [1.82, 2.24) is 20.9 Å². The number of nitrogens with two attached hydrogens (primary N) is 1. The molecule has 3 aliphatic rings. The molecule has 5 rings (SSSR count). The second kappa shape index (κ2) is 29.8. The van der Waals surface area contributed by atoms with Gasteiger partial charge in [0.05, 0.1) is 115 Å². The van der Waals surface area contributed by atoms with Crippen LogP contribution in [0.4, 0.5) is 0 Å². The van der Waals surface area contributed by atoms with Crippen LogP contribution < -0.4 is 26.4 Å². The molecule has 20 nitrogen and oxygen atoms in total. The Hall–Kier alpha value is -5.42. The quantitative estimate of drug-likeness (QED) is 0.0607. The number of rotatable bonds is 32. The van der Waals surface area contributed by atoms with Crippen molar-refractivity contribution in [3.63, 3.8) is 0 Å². The van der Waals surface area contributed by atoms with E-state index in [4.69, 9.17) is 60.2 Å². The Labute approximate surface area is 419 Å². The third-order valence-corrected chi connectivity index (χ3v) is 12.0. The topological polar surface area (TPSA) is 254 Å². The highest BCUT2D eigenvalue weighted by atomic mass is 35.5. The molecule has 0 aromatic heterocycles. The number of fused-ring (bicyclic) bond motifs is 1. The van der Waals surface area contributed by atoms with Gasteiger partial charge in [0.15, 0.2) is 6.61 Å². The van der Waals surface area contributed by atoms with Crippen molar-refractivity contribution in [1.29, 1.82) is 0 Å². The number of nitrogens with zero attached hydrogens (tertiary/aromatic N) is 2. The molecule has 21 heteroatoms. The van der Waals surface area contributed by atoms with Gasteiger partial charge in [-0.1, -0.05) is 42.0 Å². The number of amides is 6. The first-order valence-electron chi connectivity index (χ1n) is 23.8. The predicted octanol–water partition coefficient (Wildman–Crippen LogP) is 2.59. The zero-order chi connectivity index (χ0) is 51.1. The SMILES string of the molecule is C=C1C(c2ccc(Cl)cc2)=N[C@@H](CC(=O)NCCOCCOCCOCCOCCOCCOCCOCCNC(=O)COc2cccc3c2C(=O)N(C2CCC(=O)NC2=O)C3=O)[C@@H](C(C)N)C(C)=C1C. The number of carbonyl (C=O) groups excluding carboxylic acids is 6. The van der Waals surface area contributed by atoms with E-state index in [1.54, 1.807) is 0 Å². The van der Waals surface area contributed by atoms with Crippen molar-refractivity contribution in [2.45, 2.75) is 58.2 Å². The second-order valence-corrected chi connectivity index (χ2v) is 17.3. The highest BCUT2D eigenvalue weighted by molar-refractivity contribution is 6.30. The lowest BCUT2D eigenvalue weighted by atomic mass is 9.82. The molecule has 0 bridgehead atoms. The van der Waals surface area contributed by atoms with E-state index in [9.17, 15) is 28.8 Å². The first kappa shape index (κ1) is 56.5. The molecule has 0 radical (unpaired) electrons. The summed E-state index contributed by atoms with van der Waals surface area (Å²) in [5, 5.41) is 8.37. The van der Waals surface area contributed by atoms with E-state index in [2.05, 4.69) is 22.5 Å². The molecule has 388 valence electrons. The molecule has 3 aliphatic heterocycles. The van der Waals surface area contributed by atoms with Crippen LogP contribution in [-0.4, -0.2) is 176 Å². The maximum absolute atomic E-state index is 13.2. The monoisotopic (exact) mass is 1010 g/mol. The molecule has 6 amide bonds. The van der Waals surface area contributed by atoms with Crippen LogP contribution in [-0.2, 0) is 52.3 Å². The maximum Gasteiger partial charge on any atom is 0.266 e. The summed E-state index contributed by atoms with van der Waals surface area (Å²) in [5.74, 6) is -3.26. The molecule has 71 heavy (non-hydrogen) atoms. The minimum absolute atomic E-state index is 0.00393. The van der Waals surface area contributed by atoms with Gasteiger partial charge in [-0.15, -0.1) is 0 Å². The number of hydrogen-bond donors (Lipinski definition) is 4. The molecule has 1 fully saturated rings. The standard InChI is InChI=1S/C50H67ClN6O14/c1-32-33(2)45(35(4)52)39(55-47(34(32)3)36-8-10-37(51)11-9-36)30-43(59)53-14-16-64-18-20-66-22-24-68-26-28-70-29-27-69-25-23-67-21-19-65-17-15-54-44(60)31-71-41-7-5-6-38-46(41)50(63)57(49(38)62)40-12-13-42(58)56-48(40)61/h5-11,35,39-40,45H,3,12-31,52H2,1-2,4H3,(H,53,59)(H,54,60)(H,56,58,61)/t35?,39-,40?,45+/m0/s1. The number of piperidine rings is 1. The summed E-state index contributed by atoms with van der Waals surface area (Å²) < 4.78 is 44.3. The number of aliphatic imine (C=N–C) groups is 1. The largest absolute Gasteiger partial charge is 0.483 e. The van der Waals surface area contributed by atoms with Gasteiger partial charge in [0.2, 0.25) is 17.7 Å². The Balaban J connectivity index is 0.778. The summed E-state index contributed by atoms with van der Waals surface area (Å²) >= 11 is 6.13. The molecule has 4 atom stereocenters. The minimum atomic E-state index is -1.11. The van der Waals surface area contributed by atoms with E-state index in [0.717, 1.165) is 32.9 Å². The molecular formula is C50H67ClN6O14. The summed E-state index contributed by atoms with van der Waals surface area (Å²) in [5.41, 5.74) is 11.0. The Morgan fingerprint density at radius 1 is 0.775 bits per heavy atom. The van der Waals surface area contributed by atoms with E-state index >= 15 is 0 Å². The Kier molecular flexibility index (Phi) is 23.7. The van der Waals surface area contributed by atoms with Crippen LogP contribution in [0, 0.1) is 5.92 Å². The number of imide groups is 2. The predicted molar refractivity (Wildman–Crippen MR) is 261 cm³/mol. The molecule has 2 aromatic rings. The smallest absolute Gasteiger partial charge is 0.266 e. The van der Waals surface area contributed by atoms with Gasteiger partial charge in [-0.2, -0.15) is 0 Å². The van der Waals surface area contributed by atoms with Crippen LogP contribution in [0.1, 0.15) is 66.3 Å². The molecular weight excluding hydrogens is 944 g/mol. The van der Waals surface area contributed by atoms with Crippen LogP contribution in [0.2, 0.25) is 5.02 Å². The fourth-order valence-corrected chi connectivity index (χ4v) is 8.19. The number of allylic oxidation sites excluding steroid dienone is 2. The Morgan fingerprint density at radius 2 is 1.30 bits per heavy atom. The highest BCUT2D eigenvalue weighted by Crippen LogP contribution is 2.35. The first-order chi connectivity index (χ1) is 34.3. The Bertz CT molecular complexity index is 2220. The van der Waals surface area contributed by atoms with E-state index < -0.39 is 42.2 Å². The average molecular weight is 1010 g/mol. The third-order valence-electron chi connectivity index (χ3n) is 11.8. The van der Waals surface area contributed by atoms with Gasteiger partial charge in [-0.25, -0.2) is 0 Å². The fourth-order valence-electron chi connectivity index (χ4n) is 8.06. The lowest BCUT2D eigenvalue weighted by Crippen LogP contribution is -2.54. The minimum Gasteiger partial charge on any atom is -0.483 e. The molecule has 0 saturated carbocycles. The first-order valence-corrected chi connectivity index (χ1v) is 24.2. The lowest BCUT2D eigenvalue weighted by Gasteiger charge is -2.28. The van der Waals surface area contributed by atoms with Crippen molar-refractivity contribution < 1.29 is 66.7 Å². The maximum atomic E-state index is 13.2. The van der Waals surface area contributed by atoms with Gasteiger partial charge in [0.1, 0.15) is 11.8 Å². The third kappa shape index (κ3) is 17.4. The van der Waals surface area contributed by atoms with Crippen molar-refractivity contribution in [3.8, 4) is 5.75 Å². The zero-order valence-electron chi connectivity index (χ0n) is 40.8. The van der Waals surface area contributed by atoms with Gasteiger partial charge >= 0.3 is 0 Å². The number of hydrogen-bond acceptors (Lipinski definition) is 16. The molecule has 2 unspecified atom stereocenters. The molecule has 1 saturated heterocycles. The highest BCUT2D eigenvalue weighted by Gasteiger charge is 2.46. The molecule has 3 heterocycles. The zero-order valence-corrected chi connectivity index (χ0v) is 41.5. The van der Waals surface area contributed by atoms with E-state index in [1.165, 1.54) is 18.2 Å². The fraction of sp³-hybridized carbons (Fsp3) is 0.540. The number of benzene rings is 2. The number of carbonyl (C=O) groups is 6. The number of nitrogens with one attached hydrogen (secondary N) is 3. The molecule has 0 spiro atoms. The summed E-state index contributed by atoms with van der Waals surface area (Å²) in [6.07, 6.45) is 0.205. The van der Waals surface area contributed by atoms with Gasteiger partial charge in [0.25, 0.3) is 17.7 Å². The van der Waals surface area contributed by atoms with Crippen LogP contribution in [0.15, 0.2) is 70.8 Å². The normalized spacial score (nSPS) is 18.5. The average Bonchev–Trinajstić information content (AvgIpc) is 3.55. The second-order valence-electron chi connectivity index (χ2n) is 16.8. The van der Waals surface area contributed by atoms with Crippen molar-refractivity contribution in [2.75, 3.05) is 112 Å². The van der Waals surface area contributed by atoms with Crippen molar-refractivity contribution in [3.05, 3.63) is 87.5 Å². The lowest BCUT2D eigenvalue weighted by molar-refractivity contribution is -0.136. The molecule has 5 N–H and O–H groups in total. The van der Waals surface area contributed by atoms with Crippen LogP contribution in [0.25, 0.3) is 0 Å². The van der Waals surface area contributed by atoms with Crippen LogP contribution >= 0.6 is 11.6 Å². The van der Waals surface area contributed by atoms with Crippen molar-refractivity contribution in [2.24, 2.45) is 16.6 Å². The van der Waals surface area contributed by atoms with Crippen molar-refractivity contribution >= 4 is 52.8 Å². The molecule has 0 aliphatic carbocycles. The number of halogens is 1. The van der Waals surface area contributed by atoms with Gasteiger partial charge in [-0.3, -0.25) is 44.0 Å². The van der Waals surface area contributed by atoms with Gasteiger partial charge < -0.3 is 54.3 Å². The summed E-state index contributed by atoms with van der Waals surface area (Å²) in [7, 11) is 0. The number of ether oxygens (including phenoxy) is 8. The van der Waals surface area contributed by atoms with E-state index in [0.29, 0.717) is 97.5 Å². The summed E-state index contributed by atoms with van der Waals surface area (Å²) in [6.45, 7) is 15.7. The van der Waals surface area contributed by atoms with Crippen LogP contribution in [0.3, 0.4) is 0 Å². The van der Waals surface area contributed by atoms with E-state index in [-0.39, 0.29) is 73.2 Å². The van der Waals surface area contributed by atoms with Gasteiger partial charge in [0, 0.05) is 48.5 Å².